The van der Waals surface area contributed by atoms with Crippen LogP contribution in [-0.2, 0) is 35.2 Å². The molecule has 0 saturated carbocycles. The molecule has 1 fully saturated rings. The molecule has 2 aromatic rings. The molecule has 328 valence electrons. The zero-order valence-corrected chi connectivity index (χ0v) is 35.4. The van der Waals surface area contributed by atoms with E-state index in [4.69, 9.17) is 17.2 Å². The Labute approximate surface area is 347 Å². The van der Waals surface area contributed by atoms with Crippen molar-refractivity contribution in [2.24, 2.45) is 33.5 Å². The lowest BCUT2D eigenvalue weighted by Gasteiger charge is -2.33. The number of nitrogens with zero attached hydrogens (tertiary/aromatic N) is 2. The van der Waals surface area contributed by atoms with E-state index in [-0.39, 0.29) is 37.2 Å². The van der Waals surface area contributed by atoms with Crippen molar-refractivity contribution < 1.29 is 33.9 Å². The summed E-state index contributed by atoms with van der Waals surface area (Å²) in [5, 5.41) is 24.9. The second-order valence-electron chi connectivity index (χ2n) is 16.8. The topological polar surface area (TPSA) is 292 Å². The van der Waals surface area contributed by atoms with Gasteiger partial charge in [-0.05, 0) is 87.9 Å². The van der Waals surface area contributed by atoms with Gasteiger partial charge in [-0.25, -0.2) is 4.79 Å². The Bertz CT molecular complexity index is 1770. The number of hydrogen-bond donors (Lipinski definition) is 10. The van der Waals surface area contributed by atoms with Gasteiger partial charge in [0, 0.05) is 36.6 Å². The van der Waals surface area contributed by atoms with Crippen molar-refractivity contribution in [3.8, 4) is 0 Å². The van der Waals surface area contributed by atoms with Gasteiger partial charge in [-0.2, -0.15) is 0 Å². The summed E-state index contributed by atoms with van der Waals surface area (Å²) in [5.41, 5.74) is 17.3. The van der Waals surface area contributed by atoms with Crippen molar-refractivity contribution in [1.29, 1.82) is 0 Å². The molecular weight excluding hydrogens is 759 g/mol. The number of benzene rings is 1. The van der Waals surface area contributed by atoms with E-state index in [1.807, 2.05) is 38.1 Å². The average Bonchev–Trinajstić information content (AvgIpc) is 3.83. The number of aromatic nitrogens is 1. The van der Waals surface area contributed by atoms with Crippen LogP contribution in [0.1, 0.15) is 91.5 Å². The van der Waals surface area contributed by atoms with Gasteiger partial charge < -0.3 is 58.8 Å². The van der Waals surface area contributed by atoms with E-state index in [9.17, 15) is 33.9 Å². The van der Waals surface area contributed by atoms with Gasteiger partial charge in [0.05, 0.1) is 6.04 Å². The number of nitrogens with two attached hydrogens (primary N) is 3. The monoisotopic (exact) mass is 826 g/mol. The highest BCUT2D eigenvalue weighted by Crippen LogP contribution is 2.24. The number of guanidine groups is 1. The van der Waals surface area contributed by atoms with Gasteiger partial charge >= 0.3 is 5.97 Å². The first-order valence-corrected chi connectivity index (χ1v) is 20.6. The zero-order chi connectivity index (χ0) is 43.9. The van der Waals surface area contributed by atoms with Gasteiger partial charge in [0.25, 0.3) is 0 Å². The number of carboxylic acids is 1. The Kier molecular flexibility index (Phi) is 18.6. The van der Waals surface area contributed by atoms with Crippen LogP contribution in [0.3, 0.4) is 0 Å². The molecule has 1 aromatic carbocycles. The molecule has 0 unspecified atom stereocenters. The highest BCUT2D eigenvalue weighted by molar-refractivity contribution is 5.97. The predicted octanol–water partition coefficient (Wildman–Crippen LogP) is 0.588. The lowest BCUT2D eigenvalue weighted by atomic mass is 9.85. The van der Waals surface area contributed by atoms with E-state index in [0.29, 0.717) is 58.0 Å². The first-order valence-electron chi connectivity index (χ1n) is 20.6. The highest BCUT2D eigenvalue weighted by Gasteiger charge is 2.41. The Morgan fingerprint density at radius 1 is 0.898 bits per heavy atom. The Morgan fingerprint density at radius 2 is 1.56 bits per heavy atom. The maximum atomic E-state index is 14.3. The first-order chi connectivity index (χ1) is 27.9. The van der Waals surface area contributed by atoms with Crippen molar-refractivity contribution in [1.82, 2.24) is 36.5 Å². The standard InChI is InChI=1S/C41H67N11O7/c1-24(2)21-31(39(58)59)50-37(56)33(41(3,4)5)51-35(54)30(22-25-23-47-27-14-8-7-13-26(25)27)49-36(55)32-17-12-20-52(32)38(57)29(15-9-10-18-42)48-34(53)28(45-6)16-11-19-46-40(43)44/h7-8,13-14,23-24,28-33,45,47H,9-12,15-22,42H2,1-6H3,(H,48,53)(H,49,55)(H,50,56)(H,51,54)(H,58,59)(H4,43,44,46)/t28-,29-,30+,31-,32-,33+/m0/s1. The third-order valence-electron chi connectivity index (χ3n) is 10.5. The average molecular weight is 826 g/mol. The van der Waals surface area contributed by atoms with E-state index in [1.165, 1.54) is 4.90 Å². The minimum Gasteiger partial charge on any atom is -0.480 e. The summed E-state index contributed by atoms with van der Waals surface area (Å²) in [6.45, 7) is 9.95. The van der Waals surface area contributed by atoms with Crippen molar-refractivity contribution in [3.63, 3.8) is 0 Å². The van der Waals surface area contributed by atoms with E-state index >= 15 is 0 Å². The maximum absolute atomic E-state index is 14.3. The van der Waals surface area contributed by atoms with Crippen LogP contribution in [0.25, 0.3) is 10.9 Å². The summed E-state index contributed by atoms with van der Waals surface area (Å²) < 4.78 is 0. The molecule has 0 aliphatic carbocycles. The normalized spacial score (nSPS) is 16.7. The minimum absolute atomic E-state index is 0.0208. The second kappa shape index (κ2) is 22.8. The SMILES string of the molecule is CN[C@@H](CCCN=C(N)N)C(=O)N[C@@H](CCCCN)C(=O)N1CCC[C@H]1C(=O)N[C@H](Cc1c[nH]c2ccccc12)C(=O)N[C@H](C(=O)N[C@@H](CC(C)C)C(=O)O)C(C)(C)C. The molecule has 1 aromatic heterocycles. The number of nitrogens with one attached hydrogen (secondary N) is 6. The smallest absolute Gasteiger partial charge is 0.326 e. The van der Waals surface area contributed by atoms with E-state index in [0.717, 1.165) is 16.5 Å². The van der Waals surface area contributed by atoms with Gasteiger partial charge in [0.2, 0.25) is 29.5 Å². The summed E-state index contributed by atoms with van der Waals surface area (Å²) in [7, 11) is 1.65. The second-order valence-corrected chi connectivity index (χ2v) is 16.8. The summed E-state index contributed by atoms with van der Waals surface area (Å²) in [6, 6.07) is 1.49. The highest BCUT2D eigenvalue weighted by atomic mass is 16.4. The number of unbranched alkanes of at least 4 members (excludes halogenated alkanes) is 1. The van der Waals surface area contributed by atoms with Gasteiger partial charge in [0.1, 0.15) is 30.2 Å². The van der Waals surface area contributed by atoms with Crippen LogP contribution in [0.5, 0.6) is 0 Å². The van der Waals surface area contributed by atoms with Gasteiger partial charge in [-0.3, -0.25) is 29.0 Å². The fourth-order valence-corrected chi connectivity index (χ4v) is 7.30. The number of carboxylic acid groups (broad SMARTS) is 1. The third-order valence-corrected chi connectivity index (χ3v) is 10.5. The predicted molar refractivity (Wildman–Crippen MR) is 227 cm³/mol. The van der Waals surface area contributed by atoms with Crippen LogP contribution in [0.15, 0.2) is 35.5 Å². The van der Waals surface area contributed by atoms with E-state index in [2.05, 4.69) is 36.6 Å². The Morgan fingerprint density at radius 3 is 2.19 bits per heavy atom. The number of rotatable bonds is 23. The van der Waals surface area contributed by atoms with Crippen molar-refractivity contribution in [2.45, 2.75) is 129 Å². The van der Waals surface area contributed by atoms with Crippen molar-refractivity contribution in [3.05, 3.63) is 36.0 Å². The molecular formula is C41H67N11O7. The molecule has 59 heavy (non-hydrogen) atoms. The van der Waals surface area contributed by atoms with Crippen LogP contribution >= 0.6 is 0 Å². The van der Waals surface area contributed by atoms with Crippen molar-refractivity contribution >= 4 is 52.4 Å². The number of aliphatic imine (C=N–C) groups is 1. The lowest BCUT2D eigenvalue weighted by Crippen LogP contribution is -2.61. The molecule has 0 bridgehead atoms. The molecule has 13 N–H and O–H groups in total. The molecule has 0 radical (unpaired) electrons. The number of hydrogen-bond acceptors (Lipinski definition) is 9. The number of carbonyl (C=O) groups is 6. The number of para-hydroxylation sites is 1. The largest absolute Gasteiger partial charge is 0.480 e. The number of aromatic amines is 1. The van der Waals surface area contributed by atoms with Crippen LogP contribution < -0.4 is 43.8 Å². The van der Waals surface area contributed by atoms with Crippen LogP contribution in [0.2, 0.25) is 0 Å². The number of H-pyrrole nitrogens is 1. The third kappa shape index (κ3) is 14.5. The number of likely N-dealkylation sites (tertiary alicyclic amines) is 1. The number of amides is 5. The fraction of sp³-hybridized carbons (Fsp3) is 0.634. The molecule has 18 heteroatoms. The molecule has 3 rings (SSSR count). The molecule has 5 amide bonds. The fourth-order valence-electron chi connectivity index (χ4n) is 7.30. The molecule has 2 heterocycles. The Balaban J connectivity index is 1.89. The number of carbonyl (C=O) groups excluding carboxylic acids is 5. The summed E-state index contributed by atoms with van der Waals surface area (Å²) >= 11 is 0. The summed E-state index contributed by atoms with van der Waals surface area (Å²) in [5.74, 6) is -3.93. The van der Waals surface area contributed by atoms with E-state index < -0.39 is 71.3 Å². The minimum atomic E-state index is -1.20. The summed E-state index contributed by atoms with van der Waals surface area (Å²) in [4.78, 5) is 90.7. The molecule has 1 saturated heterocycles. The Hall–Kier alpha value is -5.23. The maximum Gasteiger partial charge on any atom is 0.326 e. The van der Waals surface area contributed by atoms with Gasteiger partial charge in [-0.1, -0.05) is 52.8 Å². The first kappa shape index (κ1) is 48.1. The molecule has 18 nitrogen and oxygen atoms in total. The molecule has 0 spiro atoms. The number of aliphatic carboxylic acids is 1. The van der Waals surface area contributed by atoms with E-state index in [1.54, 1.807) is 34.0 Å². The number of fused-ring (bicyclic) bond motifs is 1. The summed E-state index contributed by atoms with van der Waals surface area (Å²) in [6.07, 6.45) is 5.26. The zero-order valence-electron chi connectivity index (χ0n) is 35.4. The van der Waals surface area contributed by atoms with Crippen molar-refractivity contribution in [2.75, 3.05) is 26.7 Å². The van der Waals surface area contributed by atoms with Gasteiger partial charge in [-0.15, -0.1) is 0 Å². The molecule has 6 atom stereocenters. The van der Waals surface area contributed by atoms with Crippen LogP contribution in [0, 0.1) is 11.3 Å². The van der Waals surface area contributed by atoms with Crippen LogP contribution in [-0.4, -0.2) is 119 Å². The quantitative estimate of drug-likeness (QED) is 0.0420. The van der Waals surface area contributed by atoms with Crippen LogP contribution in [0.4, 0.5) is 0 Å². The molecule has 1 aliphatic rings. The molecule has 1 aliphatic heterocycles. The van der Waals surface area contributed by atoms with Gasteiger partial charge in [0.15, 0.2) is 5.96 Å². The number of likely N-dealkylation sites (N-methyl/N-ethyl adjacent to an activating group) is 1. The lowest BCUT2D eigenvalue weighted by molar-refractivity contribution is -0.143.